The molecule has 0 aromatic rings. The maximum Gasteiger partial charge on any atom is 0.223 e. The van der Waals surface area contributed by atoms with E-state index in [9.17, 15) is 4.79 Å². The summed E-state index contributed by atoms with van der Waals surface area (Å²) in [5.74, 6) is 0.704. The van der Waals surface area contributed by atoms with Crippen LogP contribution in [0.3, 0.4) is 0 Å². The molecule has 0 aromatic heterocycles. The maximum atomic E-state index is 11.9. The molecule has 1 aliphatic rings. The minimum absolute atomic E-state index is 0.0229. The topological polar surface area (TPSA) is 55.1 Å². The van der Waals surface area contributed by atoms with Crippen molar-refractivity contribution in [2.24, 2.45) is 17.6 Å². The zero-order valence-electron chi connectivity index (χ0n) is 11.0. The average molecular weight is 226 g/mol. The summed E-state index contributed by atoms with van der Waals surface area (Å²) in [5, 5.41) is 3.14. The van der Waals surface area contributed by atoms with Gasteiger partial charge in [0.15, 0.2) is 0 Å². The fraction of sp³-hybridized carbons (Fsp3) is 0.923. The van der Waals surface area contributed by atoms with Crippen LogP contribution >= 0.6 is 0 Å². The van der Waals surface area contributed by atoms with Crippen molar-refractivity contribution in [1.82, 2.24) is 5.32 Å². The third kappa shape index (κ3) is 3.78. The summed E-state index contributed by atoms with van der Waals surface area (Å²) in [4.78, 5) is 11.9. The highest BCUT2D eigenvalue weighted by atomic mass is 16.1. The Morgan fingerprint density at radius 1 is 1.31 bits per heavy atom. The molecule has 1 atom stereocenters. The van der Waals surface area contributed by atoms with Gasteiger partial charge in [-0.2, -0.15) is 0 Å². The molecule has 0 aromatic carbocycles. The molecule has 16 heavy (non-hydrogen) atoms. The number of amides is 1. The quantitative estimate of drug-likeness (QED) is 0.774. The van der Waals surface area contributed by atoms with Crippen LogP contribution in [0.4, 0.5) is 0 Å². The SMILES string of the molecule is CC(C)C(C)C(=O)NC1CCC(C)(N)CC1. The Hall–Kier alpha value is -0.570. The van der Waals surface area contributed by atoms with E-state index < -0.39 is 0 Å². The molecule has 94 valence electrons. The third-order valence-electron chi connectivity index (χ3n) is 3.89. The van der Waals surface area contributed by atoms with Crippen LogP contribution < -0.4 is 11.1 Å². The smallest absolute Gasteiger partial charge is 0.223 e. The predicted molar refractivity (Wildman–Crippen MR) is 67.0 cm³/mol. The lowest BCUT2D eigenvalue weighted by atomic mass is 9.81. The van der Waals surface area contributed by atoms with E-state index in [1.165, 1.54) is 0 Å². The van der Waals surface area contributed by atoms with Crippen LogP contribution in [0.1, 0.15) is 53.4 Å². The lowest BCUT2D eigenvalue weighted by molar-refractivity contribution is -0.126. The molecule has 1 unspecified atom stereocenters. The van der Waals surface area contributed by atoms with Crippen molar-refractivity contribution in [3.8, 4) is 0 Å². The normalized spacial score (nSPS) is 32.5. The summed E-state index contributed by atoms with van der Waals surface area (Å²) in [6.07, 6.45) is 4.05. The molecule has 3 heteroatoms. The summed E-state index contributed by atoms with van der Waals surface area (Å²) in [7, 11) is 0. The van der Waals surface area contributed by atoms with Gasteiger partial charge in [0.2, 0.25) is 5.91 Å². The molecule has 0 heterocycles. The number of nitrogens with two attached hydrogens (primary N) is 1. The van der Waals surface area contributed by atoms with Crippen LogP contribution in [0.5, 0.6) is 0 Å². The largest absolute Gasteiger partial charge is 0.353 e. The lowest BCUT2D eigenvalue weighted by Gasteiger charge is -2.35. The Labute approximate surface area is 99.2 Å². The molecule has 1 rings (SSSR count). The zero-order chi connectivity index (χ0) is 12.3. The van der Waals surface area contributed by atoms with Crippen LogP contribution in [0.25, 0.3) is 0 Å². The Balaban J connectivity index is 2.37. The van der Waals surface area contributed by atoms with Gasteiger partial charge in [-0.15, -0.1) is 0 Å². The van der Waals surface area contributed by atoms with Crippen molar-refractivity contribution in [2.75, 3.05) is 0 Å². The van der Waals surface area contributed by atoms with Crippen molar-refractivity contribution in [1.29, 1.82) is 0 Å². The van der Waals surface area contributed by atoms with Gasteiger partial charge in [0.25, 0.3) is 0 Å². The number of carbonyl (C=O) groups is 1. The molecule has 0 spiro atoms. The second kappa shape index (κ2) is 5.17. The molecule has 1 amide bonds. The first-order chi connectivity index (χ1) is 7.32. The van der Waals surface area contributed by atoms with Gasteiger partial charge in [0.1, 0.15) is 0 Å². The van der Waals surface area contributed by atoms with Crippen LogP contribution in [-0.2, 0) is 4.79 Å². The standard InChI is InChI=1S/C13H26N2O/c1-9(2)10(3)12(16)15-11-5-7-13(4,14)8-6-11/h9-11H,5-8,14H2,1-4H3,(H,15,16). The number of hydrogen-bond acceptors (Lipinski definition) is 2. The summed E-state index contributed by atoms with van der Waals surface area (Å²) in [6, 6.07) is 0.338. The van der Waals surface area contributed by atoms with Gasteiger partial charge < -0.3 is 11.1 Å². The van der Waals surface area contributed by atoms with Crippen molar-refractivity contribution < 1.29 is 4.79 Å². The van der Waals surface area contributed by atoms with E-state index in [0.29, 0.717) is 12.0 Å². The monoisotopic (exact) mass is 226 g/mol. The van der Waals surface area contributed by atoms with Gasteiger partial charge in [0, 0.05) is 17.5 Å². The Morgan fingerprint density at radius 2 is 1.81 bits per heavy atom. The van der Waals surface area contributed by atoms with Gasteiger partial charge >= 0.3 is 0 Å². The van der Waals surface area contributed by atoms with E-state index in [0.717, 1.165) is 25.7 Å². The minimum Gasteiger partial charge on any atom is -0.353 e. The van der Waals surface area contributed by atoms with E-state index in [1.54, 1.807) is 0 Å². The highest BCUT2D eigenvalue weighted by molar-refractivity contribution is 5.78. The number of carbonyl (C=O) groups excluding carboxylic acids is 1. The molecular weight excluding hydrogens is 200 g/mol. The van der Waals surface area contributed by atoms with Crippen LogP contribution in [0.15, 0.2) is 0 Å². The summed E-state index contributed by atoms with van der Waals surface area (Å²) >= 11 is 0. The lowest BCUT2D eigenvalue weighted by Crippen LogP contribution is -2.47. The molecule has 3 nitrogen and oxygen atoms in total. The molecular formula is C13H26N2O. The van der Waals surface area contributed by atoms with Gasteiger partial charge in [-0.05, 0) is 38.5 Å². The summed E-state index contributed by atoms with van der Waals surface area (Å²) < 4.78 is 0. The van der Waals surface area contributed by atoms with Crippen molar-refractivity contribution in [3.05, 3.63) is 0 Å². The first kappa shape index (κ1) is 13.5. The highest BCUT2D eigenvalue weighted by Crippen LogP contribution is 2.26. The fourth-order valence-electron chi connectivity index (χ4n) is 2.06. The highest BCUT2D eigenvalue weighted by Gasteiger charge is 2.29. The maximum absolute atomic E-state index is 11.9. The fourth-order valence-corrected chi connectivity index (χ4v) is 2.06. The van der Waals surface area contributed by atoms with Crippen LogP contribution in [0, 0.1) is 11.8 Å². The van der Waals surface area contributed by atoms with Crippen LogP contribution in [-0.4, -0.2) is 17.5 Å². The van der Waals surface area contributed by atoms with Gasteiger partial charge in [-0.25, -0.2) is 0 Å². The summed E-state index contributed by atoms with van der Waals surface area (Å²) in [5.41, 5.74) is 6.04. The van der Waals surface area contributed by atoms with Gasteiger partial charge in [-0.1, -0.05) is 20.8 Å². The number of hydrogen-bond donors (Lipinski definition) is 2. The Bertz CT molecular complexity index is 238. The minimum atomic E-state index is -0.0229. The second-order valence-electron chi connectivity index (χ2n) is 5.97. The van der Waals surface area contributed by atoms with E-state index in [4.69, 9.17) is 5.73 Å². The molecule has 1 fully saturated rings. The van der Waals surface area contributed by atoms with E-state index in [2.05, 4.69) is 26.1 Å². The first-order valence-electron chi connectivity index (χ1n) is 6.41. The Kier molecular flexibility index (Phi) is 4.36. The molecule has 0 aliphatic heterocycles. The number of nitrogens with one attached hydrogen (secondary N) is 1. The molecule has 0 bridgehead atoms. The first-order valence-corrected chi connectivity index (χ1v) is 6.41. The van der Waals surface area contributed by atoms with Crippen LogP contribution in [0.2, 0.25) is 0 Å². The Morgan fingerprint density at radius 3 is 2.25 bits per heavy atom. The molecule has 1 aliphatic carbocycles. The van der Waals surface area contributed by atoms with Gasteiger partial charge in [0.05, 0.1) is 0 Å². The molecule has 0 saturated heterocycles. The van der Waals surface area contributed by atoms with E-state index in [-0.39, 0.29) is 17.4 Å². The predicted octanol–water partition coefficient (Wildman–Crippen LogP) is 2.05. The van der Waals surface area contributed by atoms with Crippen molar-refractivity contribution >= 4 is 5.91 Å². The zero-order valence-corrected chi connectivity index (χ0v) is 11.0. The van der Waals surface area contributed by atoms with Crippen molar-refractivity contribution in [2.45, 2.75) is 65.0 Å². The second-order valence-corrected chi connectivity index (χ2v) is 5.97. The molecule has 3 N–H and O–H groups in total. The van der Waals surface area contributed by atoms with E-state index >= 15 is 0 Å². The summed E-state index contributed by atoms with van der Waals surface area (Å²) in [6.45, 7) is 8.27. The van der Waals surface area contributed by atoms with E-state index in [1.807, 2.05) is 6.92 Å². The molecule has 0 radical (unpaired) electrons. The van der Waals surface area contributed by atoms with Gasteiger partial charge in [-0.3, -0.25) is 4.79 Å². The molecule has 1 saturated carbocycles. The third-order valence-corrected chi connectivity index (χ3v) is 3.89. The average Bonchev–Trinajstić information content (AvgIpc) is 2.19. The van der Waals surface area contributed by atoms with Crippen molar-refractivity contribution in [3.63, 3.8) is 0 Å². The number of rotatable bonds is 3.